The molecule has 0 rings (SSSR count). The molecule has 1 heteroatoms. The van der Waals surface area contributed by atoms with Crippen LogP contribution in [0.15, 0.2) is 0 Å². The van der Waals surface area contributed by atoms with Gasteiger partial charge in [0.05, 0.1) is 0 Å². The van der Waals surface area contributed by atoms with Gasteiger partial charge in [0.15, 0.2) is 0 Å². The number of halogens is 1. The van der Waals surface area contributed by atoms with Crippen molar-refractivity contribution < 1.29 is 0 Å². The molecule has 0 atom stereocenters. The summed E-state index contributed by atoms with van der Waals surface area (Å²) >= 11 is 6.04. The molecule has 0 amide bonds. The van der Waals surface area contributed by atoms with Crippen LogP contribution in [0, 0.1) is 11.3 Å². The van der Waals surface area contributed by atoms with Gasteiger partial charge in [0.2, 0.25) is 0 Å². The van der Waals surface area contributed by atoms with Gasteiger partial charge in [-0.05, 0) is 30.6 Å². The van der Waals surface area contributed by atoms with Gasteiger partial charge in [0.25, 0.3) is 0 Å². The Bertz CT molecular complexity index is 106. The molecule has 0 aliphatic carbocycles. The maximum Gasteiger partial charge on any atom is 0.0279 e. The van der Waals surface area contributed by atoms with E-state index in [1.165, 1.54) is 32.1 Å². The van der Waals surface area contributed by atoms with Crippen LogP contribution < -0.4 is 0 Å². The summed E-state index contributed by atoms with van der Waals surface area (Å²) in [4.78, 5) is 0. The third-order valence-electron chi connectivity index (χ3n) is 3.27. The van der Waals surface area contributed by atoms with Crippen molar-refractivity contribution in [1.29, 1.82) is 0 Å². The fourth-order valence-electron chi connectivity index (χ4n) is 1.74. The molecule has 0 nitrogen and oxygen atoms in total. The van der Waals surface area contributed by atoms with E-state index in [0.29, 0.717) is 5.41 Å². The molecule has 0 bridgehead atoms. The highest BCUT2D eigenvalue weighted by Crippen LogP contribution is 2.34. The van der Waals surface area contributed by atoms with Crippen LogP contribution in [-0.4, -0.2) is 5.88 Å². The molecule has 13 heavy (non-hydrogen) atoms. The number of rotatable bonds is 7. The number of alkyl halides is 1. The van der Waals surface area contributed by atoms with Gasteiger partial charge < -0.3 is 0 Å². The van der Waals surface area contributed by atoms with Crippen molar-refractivity contribution in [3.8, 4) is 0 Å². The van der Waals surface area contributed by atoms with Gasteiger partial charge in [-0.1, -0.05) is 40.5 Å². The molecular formula is C12H25Cl. The van der Waals surface area contributed by atoms with Gasteiger partial charge in [-0.25, -0.2) is 0 Å². The standard InChI is InChI=1S/C12H25Cl/c1-5-12(6-2,10-13)9-7-8-11(3)4/h11H,5-10H2,1-4H3. The Morgan fingerprint density at radius 2 is 1.69 bits per heavy atom. The van der Waals surface area contributed by atoms with Gasteiger partial charge in [-0.15, -0.1) is 11.6 Å². The molecule has 0 aromatic rings. The van der Waals surface area contributed by atoms with Gasteiger partial charge in [-0.3, -0.25) is 0 Å². The summed E-state index contributed by atoms with van der Waals surface area (Å²) in [5, 5.41) is 0. The molecule has 0 saturated carbocycles. The Morgan fingerprint density at radius 3 is 2.00 bits per heavy atom. The summed E-state index contributed by atoms with van der Waals surface area (Å²) in [6, 6.07) is 0. The van der Waals surface area contributed by atoms with E-state index < -0.39 is 0 Å². The highest BCUT2D eigenvalue weighted by atomic mass is 35.5. The SMILES string of the molecule is CCC(CC)(CCl)CCCC(C)C. The van der Waals surface area contributed by atoms with E-state index in [2.05, 4.69) is 27.7 Å². The molecule has 0 aromatic carbocycles. The highest BCUT2D eigenvalue weighted by Gasteiger charge is 2.24. The average molecular weight is 205 g/mol. The predicted molar refractivity (Wildman–Crippen MR) is 62.4 cm³/mol. The lowest BCUT2D eigenvalue weighted by Gasteiger charge is -2.29. The largest absolute Gasteiger partial charge is 0.126 e. The summed E-state index contributed by atoms with van der Waals surface area (Å²) in [6.07, 6.45) is 6.45. The van der Waals surface area contributed by atoms with E-state index in [4.69, 9.17) is 11.6 Å². The quantitative estimate of drug-likeness (QED) is 0.520. The summed E-state index contributed by atoms with van der Waals surface area (Å²) in [6.45, 7) is 9.11. The lowest BCUT2D eigenvalue weighted by molar-refractivity contribution is 0.263. The van der Waals surface area contributed by atoms with E-state index >= 15 is 0 Å². The maximum absolute atomic E-state index is 6.04. The first-order valence-corrected chi connectivity index (χ1v) is 6.19. The minimum absolute atomic E-state index is 0.427. The van der Waals surface area contributed by atoms with E-state index in [-0.39, 0.29) is 0 Å². The van der Waals surface area contributed by atoms with Crippen LogP contribution in [0.5, 0.6) is 0 Å². The third-order valence-corrected chi connectivity index (χ3v) is 3.84. The number of hydrogen-bond acceptors (Lipinski definition) is 0. The zero-order valence-corrected chi connectivity index (χ0v) is 10.5. The fraction of sp³-hybridized carbons (Fsp3) is 1.00. The van der Waals surface area contributed by atoms with E-state index in [0.717, 1.165) is 11.8 Å². The second-order valence-electron chi connectivity index (χ2n) is 4.63. The van der Waals surface area contributed by atoms with Gasteiger partial charge >= 0.3 is 0 Å². The van der Waals surface area contributed by atoms with Crippen LogP contribution in [0.3, 0.4) is 0 Å². The van der Waals surface area contributed by atoms with Crippen molar-refractivity contribution >= 4 is 11.6 Å². The maximum atomic E-state index is 6.04. The van der Waals surface area contributed by atoms with Crippen LogP contribution in [-0.2, 0) is 0 Å². The molecule has 80 valence electrons. The predicted octanol–water partition coefficient (Wildman–Crippen LogP) is 4.86. The molecule has 0 saturated heterocycles. The molecule has 0 N–H and O–H groups in total. The molecular weight excluding hydrogens is 180 g/mol. The monoisotopic (exact) mass is 204 g/mol. The zero-order chi connectivity index (χ0) is 10.3. The Kier molecular flexibility index (Phi) is 6.85. The minimum Gasteiger partial charge on any atom is -0.126 e. The molecule has 0 fully saturated rings. The van der Waals surface area contributed by atoms with Crippen LogP contribution in [0.1, 0.15) is 59.8 Å². The van der Waals surface area contributed by atoms with Crippen molar-refractivity contribution in [3.63, 3.8) is 0 Å². The van der Waals surface area contributed by atoms with Crippen molar-refractivity contribution in [2.75, 3.05) is 5.88 Å². The van der Waals surface area contributed by atoms with E-state index in [1.54, 1.807) is 0 Å². The second-order valence-corrected chi connectivity index (χ2v) is 4.89. The summed E-state index contributed by atoms with van der Waals surface area (Å²) in [7, 11) is 0. The van der Waals surface area contributed by atoms with Gasteiger partial charge in [-0.2, -0.15) is 0 Å². The Balaban J connectivity index is 3.81. The normalized spacial score (nSPS) is 12.5. The number of hydrogen-bond donors (Lipinski definition) is 0. The Labute approximate surface area is 89.1 Å². The fourth-order valence-corrected chi connectivity index (χ4v) is 2.26. The highest BCUT2D eigenvalue weighted by molar-refractivity contribution is 6.18. The Hall–Kier alpha value is 0.290. The molecule has 0 aliphatic heterocycles. The van der Waals surface area contributed by atoms with Crippen LogP contribution >= 0.6 is 11.6 Å². The topological polar surface area (TPSA) is 0 Å². The van der Waals surface area contributed by atoms with Gasteiger partial charge in [0, 0.05) is 5.88 Å². The van der Waals surface area contributed by atoms with Crippen LogP contribution in [0.4, 0.5) is 0 Å². The lowest BCUT2D eigenvalue weighted by Crippen LogP contribution is -2.21. The lowest BCUT2D eigenvalue weighted by atomic mass is 9.79. The van der Waals surface area contributed by atoms with Crippen LogP contribution in [0.25, 0.3) is 0 Å². The Morgan fingerprint density at radius 1 is 1.15 bits per heavy atom. The smallest absolute Gasteiger partial charge is 0.0279 e. The van der Waals surface area contributed by atoms with E-state index in [9.17, 15) is 0 Å². The second kappa shape index (κ2) is 6.70. The first-order chi connectivity index (χ1) is 6.10. The third kappa shape index (κ3) is 4.90. The first-order valence-electron chi connectivity index (χ1n) is 5.66. The van der Waals surface area contributed by atoms with Crippen molar-refractivity contribution in [1.82, 2.24) is 0 Å². The summed E-state index contributed by atoms with van der Waals surface area (Å²) in [5.41, 5.74) is 0.427. The molecule has 0 aliphatic rings. The average Bonchev–Trinajstić information content (AvgIpc) is 2.13. The van der Waals surface area contributed by atoms with Gasteiger partial charge in [0.1, 0.15) is 0 Å². The van der Waals surface area contributed by atoms with Crippen molar-refractivity contribution in [2.45, 2.75) is 59.8 Å². The van der Waals surface area contributed by atoms with E-state index in [1.807, 2.05) is 0 Å². The first kappa shape index (κ1) is 13.3. The zero-order valence-electron chi connectivity index (χ0n) is 9.70. The van der Waals surface area contributed by atoms with Crippen LogP contribution in [0.2, 0.25) is 0 Å². The minimum atomic E-state index is 0.427. The molecule has 0 aromatic heterocycles. The molecule has 0 spiro atoms. The summed E-state index contributed by atoms with van der Waals surface area (Å²) < 4.78 is 0. The molecule has 0 radical (unpaired) electrons. The van der Waals surface area contributed by atoms with Crippen molar-refractivity contribution in [2.24, 2.45) is 11.3 Å². The van der Waals surface area contributed by atoms with Crippen molar-refractivity contribution in [3.05, 3.63) is 0 Å². The summed E-state index contributed by atoms with van der Waals surface area (Å²) in [5.74, 6) is 1.67. The molecule has 0 unspecified atom stereocenters. The molecule has 0 heterocycles.